The zero-order valence-corrected chi connectivity index (χ0v) is 18.7. The van der Waals surface area contributed by atoms with Crippen LogP contribution in [0.3, 0.4) is 0 Å². The number of amides is 1. The lowest BCUT2D eigenvalue weighted by atomic mass is 9.84. The van der Waals surface area contributed by atoms with E-state index in [1.807, 2.05) is 33.8 Å². The van der Waals surface area contributed by atoms with Gasteiger partial charge in [-0.3, -0.25) is 4.79 Å². The van der Waals surface area contributed by atoms with Crippen LogP contribution in [0.25, 0.3) is 0 Å². The molecule has 0 aromatic carbocycles. The number of carbonyl (C=O) groups excluding carboxylic acids is 2. The minimum atomic E-state index is -1.01. The van der Waals surface area contributed by atoms with Crippen molar-refractivity contribution >= 4 is 11.9 Å². The van der Waals surface area contributed by atoms with Gasteiger partial charge in [-0.15, -0.1) is 0 Å². The molecule has 1 amide bonds. The number of carbonyl (C=O) groups is 2. The summed E-state index contributed by atoms with van der Waals surface area (Å²) in [5.74, 6) is 0.226. The highest BCUT2D eigenvalue weighted by Crippen LogP contribution is 2.34. The van der Waals surface area contributed by atoms with Gasteiger partial charge in [0.25, 0.3) is 0 Å². The Balaban J connectivity index is 2.09. The average Bonchev–Trinajstić information content (AvgIpc) is 2.63. The first-order valence-electron chi connectivity index (χ1n) is 10.3. The molecule has 0 aromatic rings. The summed E-state index contributed by atoms with van der Waals surface area (Å²) >= 11 is 0. The molecule has 5 nitrogen and oxygen atoms in total. The molecular weight excluding hydrogens is 366 g/mol. The molecule has 0 saturated carbocycles. The fraction of sp³-hybridized carbons (Fsp3) is 0.583. The fourth-order valence-corrected chi connectivity index (χ4v) is 3.59. The highest BCUT2D eigenvalue weighted by Gasteiger charge is 2.38. The van der Waals surface area contributed by atoms with Crippen molar-refractivity contribution in [3.8, 4) is 0 Å². The molecule has 3 atom stereocenters. The third-order valence-corrected chi connectivity index (χ3v) is 5.32. The van der Waals surface area contributed by atoms with E-state index in [1.165, 1.54) is 0 Å². The minimum absolute atomic E-state index is 0.0638. The Morgan fingerprint density at radius 1 is 1.38 bits per heavy atom. The fourth-order valence-electron chi connectivity index (χ4n) is 3.59. The molecule has 0 bridgehead atoms. The number of ketones is 1. The Labute approximate surface area is 175 Å². The van der Waals surface area contributed by atoms with Crippen LogP contribution >= 0.6 is 0 Å². The van der Waals surface area contributed by atoms with E-state index in [1.54, 1.807) is 30.2 Å². The van der Waals surface area contributed by atoms with Crippen molar-refractivity contribution in [3.05, 3.63) is 48.1 Å². The number of hydrogen-bond donors (Lipinski definition) is 0. The topological polar surface area (TPSA) is 55.8 Å². The lowest BCUT2D eigenvalue weighted by molar-refractivity contribution is -0.139. The van der Waals surface area contributed by atoms with Crippen LogP contribution in [0.5, 0.6) is 0 Å². The third-order valence-electron chi connectivity index (χ3n) is 5.32. The van der Waals surface area contributed by atoms with E-state index in [0.29, 0.717) is 13.0 Å². The molecule has 2 aliphatic rings. The summed E-state index contributed by atoms with van der Waals surface area (Å²) in [4.78, 5) is 26.4. The van der Waals surface area contributed by atoms with Crippen molar-refractivity contribution < 1.29 is 19.1 Å². The number of allylic oxidation sites excluding steroid dienone is 4. The molecular formula is C24H35NO4. The molecule has 29 heavy (non-hydrogen) atoms. The van der Waals surface area contributed by atoms with Crippen LogP contribution in [0.4, 0.5) is 4.79 Å². The van der Waals surface area contributed by atoms with Gasteiger partial charge in [0.1, 0.15) is 11.2 Å². The maximum Gasteiger partial charge on any atom is 0.410 e. The first kappa shape index (κ1) is 23.1. The number of rotatable bonds is 6. The molecule has 160 valence electrons. The molecule has 0 spiro atoms. The summed E-state index contributed by atoms with van der Waals surface area (Å²) in [6, 6.07) is 0. The van der Waals surface area contributed by atoms with Crippen molar-refractivity contribution in [3.63, 3.8) is 0 Å². The molecule has 0 N–H and O–H groups in total. The predicted molar refractivity (Wildman–Crippen MR) is 116 cm³/mol. The Bertz CT molecular complexity index is 740. The van der Waals surface area contributed by atoms with Crippen molar-refractivity contribution in [2.75, 3.05) is 13.6 Å². The molecule has 1 unspecified atom stereocenters. The third kappa shape index (κ3) is 6.17. The molecule has 2 aliphatic carbocycles. The van der Waals surface area contributed by atoms with Gasteiger partial charge in [-0.2, -0.15) is 0 Å². The van der Waals surface area contributed by atoms with Crippen LogP contribution in [-0.2, 0) is 14.3 Å². The van der Waals surface area contributed by atoms with Crippen LogP contribution in [0.15, 0.2) is 48.1 Å². The standard InChI is InChI=1S/C24H35NO4/c1-8-18-12-13-20(26)24(6,16-18)28-21-17(2)10-9-11-19(21)14-15-25(7)22(27)29-23(3,4)5/h8,11-13,16-17,21H,1,9-10,14-15H2,2-7H3/t17-,21+,24?/m0/s1. The van der Waals surface area contributed by atoms with E-state index >= 15 is 0 Å². The van der Waals surface area contributed by atoms with E-state index in [9.17, 15) is 9.59 Å². The van der Waals surface area contributed by atoms with Gasteiger partial charge in [-0.05, 0) is 76.2 Å². The van der Waals surface area contributed by atoms with E-state index in [-0.39, 0.29) is 23.9 Å². The first-order valence-corrected chi connectivity index (χ1v) is 10.3. The Kier molecular flexibility index (Phi) is 7.28. The highest BCUT2D eigenvalue weighted by molar-refractivity contribution is 6.00. The van der Waals surface area contributed by atoms with E-state index in [2.05, 4.69) is 19.6 Å². The quantitative estimate of drug-likeness (QED) is 0.588. The molecule has 2 rings (SSSR count). The van der Waals surface area contributed by atoms with Crippen molar-refractivity contribution in [1.29, 1.82) is 0 Å². The van der Waals surface area contributed by atoms with Gasteiger partial charge in [-0.25, -0.2) is 4.79 Å². The molecule has 0 saturated heterocycles. The first-order chi connectivity index (χ1) is 13.4. The van der Waals surface area contributed by atoms with Gasteiger partial charge in [0, 0.05) is 13.6 Å². The van der Waals surface area contributed by atoms with Crippen molar-refractivity contribution in [2.24, 2.45) is 5.92 Å². The summed E-state index contributed by atoms with van der Waals surface area (Å²) < 4.78 is 11.9. The van der Waals surface area contributed by atoms with Crippen LogP contribution in [0.1, 0.15) is 53.9 Å². The average molecular weight is 402 g/mol. The van der Waals surface area contributed by atoms with Crippen LogP contribution in [-0.4, -0.2) is 47.7 Å². The van der Waals surface area contributed by atoms with Crippen molar-refractivity contribution in [1.82, 2.24) is 4.90 Å². The lowest BCUT2D eigenvalue weighted by Crippen LogP contribution is -2.44. The second kappa shape index (κ2) is 9.12. The number of ether oxygens (including phenoxy) is 2. The Morgan fingerprint density at radius 3 is 2.69 bits per heavy atom. The molecule has 0 aliphatic heterocycles. The summed E-state index contributed by atoms with van der Waals surface area (Å²) in [5, 5.41) is 0. The second-order valence-electron chi connectivity index (χ2n) is 9.18. The largest absolute Gasteiger partial charge is 0.444 e. The number of nitrogens with zero attached hydrogens (tertiary/aromatic N) is 1. The summed E-state index contributed by atoms with van der Waals surface area (Å²) in [6.07, 6.45) is 11.2. The lowest BCUT2D eigenvalue weighted by Gasteiger charge is -2.38. The number of hydrogen-bond acceptors (Lipinski definition) is 4. The van der Waals surface area contributed by atoms with Gasteiger partial charge < -0.3 is 14.4 Å². The molecule has 5 heteroatoms. The Hall–Kier alpha value is -2.14. The minimum Gasteiger partial charge on any atom is -0.444 e. The van der Waals surface area contributed by atoms with Gasteiger partial charge in [0.2, 0.25) is 0 Å². The van der Waals surface area contributed by atoms with Gasteiger partial charge >= 0.3 is 6.09 Å². The second-order valence-corrected chi connectivity index (χ2v) is 9.18. The molecule has 0 radical (unpaired) electrons. The van der Waals surface area contributed by atoms with E-state index < -0.39 is 11.2 Å². The van der Waals surface area contributed by atoms with Gasteiger partial charge in [0.05, 0.1) is 6.10 Å². The smallest absolute Gasteiger partial charge is 0.410 e. The van der Waals surface area contributed by atoms with Crippen LogP contribution in [0, 0.1) is 5.92 Å². The summed E-state index contributed by atoms with van der Waals surface area (Å²) in [6.45, 7) is 13.9. The normalized spacial score (nSPS) is 27.2. The summed E-state index contributed by atoms with van der Waals surface area (Å²) in [7, 11) is 1.74. The zero-order chi connectivity index (χ0) is 21.8. The molecule has 0 heterocycles. The van der Waals surface area contributed by atoms with Crippen LogP contribution in [0.2, 0.25) is 0 Å². The molecule has 0 fully saturated rings. The van der Waals surface area contributed by atoms with E-state index in [4.69, 9.17) is 9.47 Å². The maximum atomic E-state index is 12.6. The Morgan fingerprint density at radius 2 is 2.07 bits per heavy atom. The molecule has 0 aromatic heterocycles. The van der Waals surface area contributed by atoms with Crippen LogP contribution < -0.4 is 0 Å². The highest BCUT2D eigenvalue weighted by atomic mass is 16.6. The SMILES string of the molecule is C=CC1=CC(C)(O[C@H]2C(CCN(C)C(=O)OC(C)(C)C)=CCC[C@@H]2C)C(=O)C=C1. The van der Waals surface area contributed by atoms with Gasteiger partial charge in [-0.1, -0.05) is 31.7 Å². The zero-order valence-electron chi connectivity index (χ0n) is 18.7. The maximum absolute atomic E-state index is 12.6. The van der Waals surface area contributed by atoms with Crippen molar-refractivity contribution in [2.45, 2.75) is 71.2 Å². The van der Waals surface area contributed by atoms with E-state index in [0.717, 1.165) is 24.0 Å². The predicted octanol–water partition coefficient (Wildman–Crippen LogP) is 4.99. The monoisotopic (exact) mass is 401 g/mol. The van der Waals surface area contributed by atoms with Gasteiger partial charge in [0.15, 0.2) is 5.78 Å². The summed E-state index contributed by atoms with van der Waals surface area (Å²) in [5.41, 5.74) is 0.487.